The van der Waals surface area contributed by atoms with Crippen LogP contribution in [0.1, 0.15) is 25.0 Å². The fourth-order valence-corrected chi connectivity index (χ4v) is 5.53. The lowest BCUT2D eigenvalue weighted by atomic mass is 9.80. The second-order valence-electron chi connectivity index (χ2n) is 6.24. The Balaban J connectivity index is 1.96. The highest BCUT2D eigenvalue weighted by molar-refractivity contribution is 14.2. The van der Waals surface area contributed by atoms with Gasteiger partial charge in [0.05, 0.1) is 4.92 Å². The highest BCUT2D eigenvalue weighted by Gasteiger charge is 2.32. The number of allylic oxidation sites excluding steroid dienone is 1. The molecule has 3 rings (SSSR count). The predicted molar refractivity (Wildman–Crippen MR) is 109 cm³/mol. The van der Waals surface area contributed by atoms with Gasteiger partial charge in [-0.15, -0.1) is 0 Å². The normalized spacial score (nSPS) is 16.3. The lowest BCUT2D eigenvalue weighted by Gasteiger charge is -2.36. The van der Waals surface area contributed by atoms with Crippen molar-refractivity contribution in [2.75, 3.05) is 10.2 Å². The quantitative estimate of drug-likeness (QED) is 0.293. The van der Waals surface area contributed by atoms with E-state index in [0.29, 0.717) is 0 Å². The summed E-state index contributed by atoms with van der Waals surface area (Å²) in [4.78, 5) is 10.6. The molecule has 5 heteroatoms. The first-order valence-corrected chi connectivity index (χ1v) is 9.72. The largest absolute Gasteiger partial charge is 0.323 e. The monoisotopic (exact) mass is 434 g/mol. The molecule has 0 aromatic heterocycles. The summed E-state index contributed by atoms with van der Waals surface area (Å²) < 4.78 is 3.75. The fraction of sp³-hybridized carbons (Fsp3) is 0.211. The molecule has 0 saturated heterocycles. The van der Waals surface area contributed by atoms with Crippen molar-refractivity contribution < 1.29 is 4.92 Å². The number of hydrogen-bond donors (Lipinski definition) is 0. The van der Waals surface area contributed by atoms with Gasteiger partial charge < -0.3 is 3.11 Å². The lowest BCUT2D eigenvalue weighted by molar-refractivity contribution is -0.384. The molecule has 0 fully saturated rings. The summed E-state index contributed by atoms with van der Waals surface area (Å²) in [5.41, 5.74) is 3.60. The van der Waals surface area contributed by atoms with Crippen molar-refractivity contribution in [2.45, 2.75) is 19.3 Å². The van der Waals surface area contributed by atoms with E-state index < -0.39 is 0 Å². The summed E-state index contributed by atoms with van der Waals surface area (Å²) in [5.74, 6) is 0. The molecule has 2 aromatic rings. The number of nitro groups is 1. The maximum Gasteiger partial charge on any atom is 0.270 e. The number of anilines is 1. The number of nitrogens with zero attached hydrogens (tertiary/aromatic N) is 2. The van der Waals surface area contributed by atoms with E-state index in [1.165, 1.54) is 20.8 Å². The van der Waals surface area contributed by atoms with E-state index in [9.17, 15) is 10.1 Å². The second-order valence-corrected chi connectivity index (χ2v) is 9.33. The van der Waals surface area contributed by atoms with Gasteiger partial charge in [-0.3, -0.25) is 10.1 Å². The number of rotatable bonds is 3. The molecule has 1 aliphatic heterocycles. The van der Waals surface area contributed by atoms with Crippen molar-refractivity contribution in [1.29, 1.82) is 0 Å². The van der Waals surface area contributed by atoms with Gasteiger partial charge in [0.15, 0.2) is 0 Å². The molecular weight excluding hydrogens is 415 g/mol. The van der Waals surface area contributed by atoms with Crippen LogP contribution in [-0.2, 0) is 5.41 Å². The van der Waals surface area contributed by atoms with Gasteiger partial charge in [-0.2, -0.15) is 0 Å². The molecule has 0 aliphatic carbocycles. The summed E-state index contributed by atoms with van der Waals surface area (Å²) in [6.45, 7) is 4.51. The lowest BCUT2D eigenvalue weighted by Crippen LogP contribution is -2.32. The van der Waals surface area contributed by atoms with Gasteiger partial charge in [-0.25, -0.2) is 0 Å². The number of benzene rings is 2. The standard InChI is InChI=1S/C19H19IN2O2/c1-19(2)16-9-4-5-10-17(16)21(3)20-18(19)12-11-14-7-6-8-15(13-14)22(23)24/h4-13H,1-3H3. The zero-order chi connectivity index (χ0) is 17.3. The summed E-state index contributed by atoms with van der Waals surface area (Å²) in [6, 6.07) is 15.3. The van der Waals surface area contributed by atoms with Crippen molar-refractivity contribution in [3.05, 3.63) is 75.8 Å². The van der Waals surface area contributed by atoms with Crippen LogP contribution in [-0.4, -0.2) is 15.5 Å². The van der Waals surface area contributed by atoms with Crippen LogP contribution < -0.4 is 3.11 Å². The summed E-state index contributed by atoms with van der Waals surface area (Å²) in [6.07, 6.45) is 4.14. The Bertz CT molecular complexity index is 856. The maximum absolute atomic E-state index is 10.9. The Morgan fingerprint density at radius 2 is 1.88 bits per heavy atom. The SMILES string of the molecule is CN1I=C(C=Cc2cccc([N+](=O)[O-])c2)C(C)(C)c2ccccc21. The molecule has 4 nitrogen and oxygen atoms in total. The Morgan fingerprint density at radius 1 is 1.12 bits per heavy atom. The van der Waals surface area contributed by atoms with E-state index in [2.05, 4.69) is 54.3 Å². The van der Waals surface area contributed by atoms with Crippen LogP contribution in [0.15, 0.2) is 54.6 Å². The second kappa shape index (κ2) is 6.47. The molecule has 0 atom stereocenters. The topological polar surface area (TPSA) is 46.4 Å². The van der Waals surface area contributed by atoms with Crippen LogP contribution in [0.5, 0.6) is 0 Å². The minimum atomic E-state index is -0.355. The van der Waals surface area contributed by atoms with Gasteiger partial charge in [0.2, 0.25) is 0 Å². The van der Waals surface area contributed by atoms with Crippen molar-refractivity contribution in [3.8, 4) is 0 Å². The van der Waals surface area contributed by atoms with E-state index in [1.807, 2.05) is 12.1 Å². The molecule has 1 heterocycles. The molecule has 2 aromatic carbocycles. The third kappa shape index (κ3) is 3.13. The number of non-ortho nitro benzene ring substituents is 1. The first kappa shape index (κ1) is 16.8. The van der Waals surface area contributed by atoms with E-state index in [0.717, 1.165) is 5.56 Å². The number of hydrogen-bond acceptors (Lipinski definition) is 3. The molecule has 0 spiro atoms. The van der Waals surface area contributed by atoms with Crippen LogP contribution in [0.3, 0.4) is 0 Å². The molecular formula is C19H19IN2O2. The summed E-state index contributed by atoms with van der Waals surface area (Å²) in [5, 5.41) is 10.9. The van der Waals surface area contributed by atoms with Gasteiger partial charge in [-0.1, -0.05) is 56.3 Å². The van der Waals surface area contributed by atoms with Crippen LogP contribution in [0, 0.1) is 10.1 Å². The Kier molecular flexibility index (Phi) is 4.54. The number of para-hydroxylation sites is 1. The van der Waals surface area contributed by atoms with Crippen LogP contribution >= 0.6 is 21.0 Å². The molecule has 1 aliphatic rings. The van der Waals surface area contributed by atoms with Crippen molar-refractivity contribution in [2.24, 2.45) is 0 Å². The first-order chi connectivity index (χ1) is 11.4. The minimum absolute atomic E-state index is 0.0202. The molecule has 124 valence electrons. The van der Waals surface area contributed by atoms with E-state index in [4.69, 9.17) is 0 Å². The summed E-state index contributed by atoms with van der Waals surface area (Å²) in [7, 11) is 2.14. The third-order valence-electron chi connectivity index (χ3n) is 4.23. The molecule has 0 bridgehead atoms. The van der Waals surface area contributed by atoms with E-state index >= 15 is 0 Å². The van der Waals surface area contributed by atoms with Gasteiger partial charge in [0.1, 0.15) is 0 Å². The Morgan fingerprint density at radius 3 is 2.62 bits per heavy atom. The average Bonchev–Trinajstić information content (AvgIpc) is 2.57. The first-order valence-electron chi connectivity index (χ1n) is 7.68. The fourth-order valence-electron chi connectivity index (χ4n) is 2.84. The van der Waals surface area contributed by atoms with Crippen LogP contribution in [0.2, 0.25) is 0 Å². The van der Waals surface area contributed by atoms with Gasteiger partial charge in [0.25, 0.3) is 5.69 Å². The van der Waals surface area contributed by atoms with Crippen molar-refractivity contribution in [1.82, 2.24) is 0 Å². The highest BCUT2D eigenvalue weighted by atomic mass is 127. The maximum atomic E-state index is 10.9. The zero-order valence-corrected chi connectivity index (χ0v) is 16.0. The van der Waals surface area contributed by atoms with Gasteiger partial charge in [-0.05, 0) is 17.2 Å². The molecule has 0 unspecified atom stereocenters. The molecule has 0 radical (unpaired) electrons. The Labute approximate surface area is 152 Å². The van der Waals surface area contributed by atoms with Crippen LogP contribution in [0.25, 0.3) is 6.08 Å². The van der Waals surface area contributed by atoms with Crippen LogP contribution in [0.4, 0.5) is 11.4 Å². The minimum Gasteiger partial charge on any atom is -0.323 e. The zero-order valence-electron chi connectivity index (χ0n) is 13.9. The molecule has 0 amide bonds. The smallest absolute Gasteiger partial charge is 0.270 e. The molecule has 0 saturated carbocycles. The van der Waals surface area contributed by atoms with Crippen molar-refractivity contribution >= 4 is 42.0 Å². The average molecular weight is 434 g/mol. The molecule has 0 N–H and O–H groups in total. The molecule has 24 heavy (non-hydrogen) atoms. The highest BCUT2D eigenvalue weighted by Crippen LogP contribution is 2.42. The van der Waals surface area contributed by atoms with Crippen molar-refractivity contribution in [3.63, 3.8) is 0 Å². The Hall–Kier alpha value is -2.02. The van der Waals surface area contributed by atoms with Gasteiger partial charge in [0, 0.05) is 54.8 Å². The number of fused-ring (bicyclic) bond motifs is 1. The predicted octanol–water partition coefficient (Wildman–Crippen LogP) is 5.09. The third-order valence-corrected chi connectivity index (χ3v) is 7.70. The summed E-state index contributed by atoms with van der Waals surface area (Å²) >= 11 is -0.282. The number of halogens is 1. The number of nitro benzene ring substituents is 1. The van der Waals surface area contributed by atoms with E-state index in [1.54, 1.807) is 12.1 Å². The van der Waals surface area contributed by atoms with Gasteiger partial charge >= 0.3 is 0 Å². The van der Waals surface area contributed by atoms with E-state index in [-0.39, 0.29) is 37.0 Å².